The molecule has 5 nitrogen and oxygen atoms in total. The van der Waals surface area contributed by atoms with Crippen molar-refractivity contribution in [3.63, 3.8) is 0 Å². The summed E-state index contributed by atoms with van der Waals surface area (Å²) in [4.78, 5) is 20.5. The fourth-order valence-electron chi connectivity index (χ4n) is 3.01. The number of imidazole rings is 1. The average Bonchev–Trinajstić information content (AvgIpc) is 3.02. The molecule has 2 aromatic rings. The number of hydrogen-bond acceptors (Lipinski definition) is 4. The van der Waals surface area contributed by atoms with E-state index >= 15 is 0 Å². The summed E-state index contributed by atoms with van der Waals surface area (Å²) < 4.78 is 1.84. The van der Waals surface area contributed by atoms with Crippen molar-refractivity contribution in [1.29, 1.82) is 0 Å². The Bertz CT molecular complexity index is 621. The number of anilines is 1. The van der Waals surface area contributed by atoms with E-state index in [9.17, 15) is 4.79 Å². The fourth-order valence-corrected chi connectivity index (χ4v) is 3.01. The molecule has 0 aliphatic carbocycles. The monoisotopic (exact) mass is 272 g/mol. The minimum atomic E-state index is 0.546. The predicted octanol–water partition coefficient (Wildman–Crippen LogP) is 1.68. The van der Waals surface area contributed by atoms with E-state index in [0.717, 1.165) is 30.8 Å². The zero-order valence-electron chi connectivity index (χ0n) is 12.0. The van der Waals surface area contributed by atoms with E-state index in [2.05, 4.69) is 21.8 Å². The fraction of sp³-hybridized carbons (Fsp3) is 0.467. The van der Waals surface area contributed by atoms with Crippen molar-refractivity contribution in [2.75, 3.05) is 32.1 Å². The van der Waals surface area contributed by atoms with Gasteiger partial charge in [-0.05, 0) is 38.6 Å². The smallest absolute Gasteiger partial charge is 0.170 e. The van der Waals surface area contributed by atoms with Crippen LogP contribution in [0.25, 0.3) is 5.65 Å². The molecule has 1 fully saturated rings. The summed E-state index contributed by atoms with van der Waals surface area (Å²) in [7, 11) is 4.18. The molecule has 2 aromatic heterocycles. The van der Waals surface area contributed by atoms with Crippen molar-refractivity contribution < 1.29 is 4.79 Å². The van der Waals surface area contributed by atoms with Gasteiger partial charge in [-0.25, -0.2) is 4.98 Å². The predicted molar refractivity (Wildman–Crippen MR) is 79.5 cm³/mol. The SMILES string of the molecule is CN(CC1CCCN1C)c1nc2ccccn2c1C=O. The van der Waals surface area contributed by atoms with Crippen LogP contribution < -0.4 is 4.90 Å². The number of carbonyl (C=O) groups is 1. The Balaban J connectivity index is 1.90. The Hall–Kier alpha value is -1.88. The van der Waals surface area contributed by atoms with Crippen LogP contribution in [0, 0.1) is 0 Å². The Morgan fingerprint density at radius 2 is 2.35 bits per heavy atom. The number of aldehydes is 1. The maximum absolute atomic E-state index is 11.4. The Kier molecular flexibility index (Phi) is 3.44. The van der Waals surface area contributed by atoms with Gasteiger partial charge in [0.2, 0.25) is 0 Å². The molecular formula is C15H20N4O. The standard InChI is InChI=1S/C15H20N4O/c1-17-8-5-6-12(17)10-18(2)15-13(11-20)19-9-4-3-7-14(19)16-15/h3-4,7,9,11-12H,5-6,8,10H2,1-2H3. The van der Waals surface area contributed by atoms with Crippen molar-refractivity contribution >= 4 is 17.8 Å². The molecule has 0 spiro atoms. The van der Waals surface area contributed by atoms with Crippen LogP contribution in [0.1, 0.15) is 23.3 Å². The zero-order chi connectivity index (χ0) is 14.1. The van der Waals surface area contributed by atoms with Crippen LogP contribution in [0.2, 0.25) is 0 Å². The van der Waals surface area contributed by atoms with Gasteiger partial charge in [-0.15, -0.1) is 0 Å². The van der Waals surface area contributed by atoms with Crippen LogP contribution in [0.15, 0.2) is 24.4 Å². The molecule has 0 amide bonds. The van der Waals surface area contributed by atoms with Crippen LogP contribution in [0.3, 0.4) is 0 Å². The molecule has 0 N–H and O–H groups in total. The van der Waals surface area contributed by atoms with Crippen molar-refractivity contribution in [3.8, 4) is 0 Å². The Morgan fingerprint density at radius 3 is 3.05 bits per heavy atom. The number of likely N-dealkylation sites (tertiary alicyclic amines) is 1. The van der Waals surface area contributed by atoms with Crippen molar-refractivity contribution in [3.05, 3.63) is 30.1 Å². The highest BCUT2D eigenvalue weighted by Gasteiger charge is 2.24. The molecule has 106 valence electrons. The normalized spacial score (nSPS) is 19.6. The summed E-state index contributed by atoms with van der Waals surface area (Å²) in [5, 5.41) is 0. The summed E-state index contributed by atoms with van der Waals surface area (Å²) >= 11 is 0. The number of likely N-dealkylation sites (N-methyl/N-ethyl adjacent to an activating group) is 2. The second-order valence-electron chi connectivity index (χ2n) is 5.52. The highest BCUT2D eigenvalue weighted by Crippen LogP contribution is 2.22. The third kappa shape index (κ3) is 2.18. The molecule has 0 aromatic carbocycles. The average molecular weight is 272 g/mol. The van der Waals surface area contributed by atoms with Gasteiger partial charge in [-0.2, -0.15) is 0 Å². The zero-order valence-corrected chi connectivity index (χ0v) is 12.0. The molecule has 1 unspecified atom stereocenters. The van der Waals surface area contributed by atoms with E-state index in [1.165, 1.54) is 12.8 Å². The number of rotatable bonds is 4. The van der Waals surface area contributed by atoms with Crippen LogP contribution in [-0.4, -0.2) is 53.8 Å². The Morgan fingerprint density at radius 1 is 1.50 bits per heavy atom. The minimum Gasteiger partial charge on any atom is -0.356 e. The Labute approximate surface area is 118 Å². The minimum absolute atomic E-state index is 0.546. The molecule has 20 heavy (non-hydrogen) atoms. The van der Waals surface area contributed by atoms with Gasteiger partial charge in [0.05, 0.1) is 0 Å². The molecule has 5 heteroatoms. The number of aromatic nitrogens is 2. The van der Waals surface area contributed by atoms with Crippen LogP contribution in [-0.2, 0) is 0 Å². The van der Waals surface area contributed by atoms with Gasteiger partial charge in [0, 0.05) is 25.8 Å². The molecule has 1 aliphatic heterocycles. The number of fused-ring (bicyclic) bond motifs is 1. The van der Waals surface area contributed by atoms with Crippen molar-refractivity contribution in [2.24, 2.45) is 0 Å². The van der Waals surface area contributed by atoms with Crippen molar-refractivity contribution in [1.82, 2.24) is 14.3 Å². The first kappa shape index (κ1) is 13.1. The summed E-state index contributed by atoms with van der Waals surface area (Å²) in [6, 6.07) is 6.32. The molecule has 0 radical (unpaired) electrons. The molecule has 1 aliphatic rings. The third-order valence-electron chi connectivity index (χ3n) is 4.18. The molecule has 1 atom stereocenters. The maximum atomic E-state index is 11.4. The van der Waals surface area contributed by atoms with Gasteiger partial charge in [-0.1, -0.05) is 6.07 Å². The highest BCUT2D eigenvalue weighted by molar-refractivity contribution is 5.83. The first-order valence-corrected chi connectivity index (χ1v) is 7.04. The van der Waals surface area contributed by atoms with Gasteiger partial charge in [0.1, 0.15) is 11.3 Å². The first-order valence-electron chi connectivity index (χ1n) is 7.04. The topological polar surface area (TPSA) is 40.9 Å². The lowest BCUT2D eigenvalue weighted by atomic mass is 10.2. The lowest BCUT2D eigenvalue weighted by Crippen LogP contribution is -2.37. The molecule has 3 rings (SSSR count). The summed E-state index contributed by atoms with van der Waals surface area (Å²) in [5.41, 5.74) is 1.44. The maximum Gasteiger partial charge on any atom is 0.170 e. The number of hydrogen-bond donors (Lipinski definition) is 0. The van der Waals surface area contributed by atoms with Gasteiger partial charge in [-0.3, -0.25) is 9.20 Å². The summed E-state index contributed by atoms with van der Waals surface area (Å²) in [5.74, 6) is 0.770. The second-order valence-corrected chi connectivity index (χ2v) is 5.52. The van der Waals surface area contributed by atoms with E-state index in [1.807, 2.05) is 35.8 Å². The quantitative estimate of drug-likeness (QED) is 0.794. The van der Waals surface area contributed by atoms with E-state index in [-0.39, 0.29) is 0 Å². The van der Waals surface area contributed by atoms with Gasteiger partial charge < -0.3 is 9.80 Å². The van der Waals surface area contributed by atoms with E-state index in [0.29, 0.717) is 11.7 Å². The summed E-state index contributed by atoms with van der Waals surface area (Å²) in [6.45, 7) is 2.06. The van der Waals surface area contributed by atoms with E-state index in [4.69, 9.17) is 0 Å². The molecule has 0 saturated carbocycles. The lowest BCUT2D eigenvalue weighted by molar-refractivity contribution is 0.111. The van der Waals surface area contributed by atoms with Gasteiger partial charge in [0.25, 0.3) is 0 Å². The van der Waals surface area contributed by atoms with Crippen LogP contribution >= 0.6 is 0 Å². The van der Waals surface area contributed by atoms with Gasteiger partial charge >= 0.3 is 0 Å². The van der Waals surface area contributed by atoms with Crippen molar-refractivity contribution in [2.45, 2.75) is 18.9 Å². The first-order chi connectivity index (χ1) is 9.70. The third-order valence-corrected chi connectivity index (χ3v) is 4.18. The van der Waals surface area contributed by atoms with Crippen LogP contribution in [0.4, 0.5) is 5.82 Å². The molecule has 3 heterocycles. The highest BCUT2D eigenvalue weighted by atomic mass is 16.1. The number of nitrogens with zero attached hydrogens (tertiary/aromatic N) is 4. The van der Waals surface area contributed by atoms with E-state index in [1.54, 1.807) is 0 Å². The van der Waals surface area contributed by atoms with Crippen LogP contribution in [0.5, 0.6) is 0 Å². The lowest BCUT2D eigenvalue weighted by Gasteiger charge is -2.26. The molecule has 0 bridgehead atoms. The molecular weight excluding hydrogens is 252 g/mol. The largest absolute Gasteiger partial charge is 0.356 e. The number of pyridine rings is 1. The second kappa shape index (κ2) is 5.25. The number of carbonyl (C=O) groups excluding carboxylic acids is 1. The van der Waals surface area contributed by atoms with Gasteiger partial charge in [0.15, 0.2) is 12.1 Å². The summed E-state index contributed by atoms with van der Waals surface area (Å²) in [6.07, 6.45) is 5.24. The van der Waals surface area contributed by atoms with E-state index < -0.39 is 0 Å². The molecule has 1 saturated heterocycles.